The van der Waals surface area contributed by atoms with Crippen molar-refractivity contribution in [1.82, 2.24) is 0 Å². The van der Waals surface area contributed by atoms with Crippen molar-refractivity contribution in [3.63, 3.8) is 0 Å². The number of rotatable bonds is 2. The molecule has 0 radical (unpaired) electrons. The second kappa shape index (κ2) is 4.90. The Morgan fingerprint density at radius 3 is 2.67 bits per heavy atom. The third-order valence-corrected chi connectivity index (χ3v) is 3.63. The van der Waals surface area contributed by atoms with E-state index in [9.17, 15) is 9.18 Å². The summed E-state index contributed by atoms with van der Waals surface area (Å²) in [6, 6.07) is 9.44. The van der Waals surface area contributed by atoms with Gasteiger partial charge in [0.25, 0.3) is 0 Å². The molecule has 4 heteroatoms. The molecule has 2 nitrogen and oxygen atoms in total. The topological polar surface area (TPSA) is 43.1 Å². The summed E-state index contributed by atoms with van der Waals surface area (Å²) >= 11 is 3.37. The standard InChI is InChI=1S/C14H11BrFNO/c1-8-10(3-2-4-11(8)15)14(18)9-5-6-13(17)12(16)7-9/h2-7H,17H2,1H3. The first kappa shape index (κ1) is 12.8. The number of anilines is 1. The molecule has 0 fully saturated rings. The summed E-state index contributed by atoms with van der Waals surface area (Å²) in [4.78, 5) is 12.3. The maximum atomic E-state index is 13.3. The lowest BCUT2D eigenvalue weighted by Crippen LogP contribution is -2.05. The van der Waals surface area contributed by atoms with Crippen molar-refractivity contribution in [2.45, 2.75) is 6.92 Å². The summed E-state index contributed by atoms with van der Waals surface area (Å²) in [5, 5.41) is 0. The maximum absolute atomic E-state index is 13.3. The molecule has 0 aliphatic heterocycles. The molecule has 0 aromatic heterocycles. The predicted molar refractivity (Wildman–Crippen MR) is 73.1 cm³/mol. The van der Waals surface area contributed by atoms with Gasteiger partial charge in [-0.25, -0.2) is 4.39 Å². The van der Waals surface area contributed by atoms with Crippen molar-refractivity contribution >= 4 is 27.4 Å². The first-order valence-corrected chi connectivity index (χ1v) is 6.15. The second-order valence-corrected chi connectivity index (χ2v) is 4.83. The van der Waals surface area contributed by atoms with Crippen LogP contribution in [0.15, 0.2) is 40.9 Å². The Morgan fingerprint density at radius 2 is 2.00 bits per heavy atom. The van der Waals surface area contributed by atoms with Crippen LogP contribution in [-0.4, -0.2) is 5.78 Å². The van der Waals surface area contributed by atoms with Crippen molar-refractivity contribution < 1.29 is 9.18 Å². The number of halogens is 2. The molecule has 2 N–H and O–H groups in total. The van der Waals surface area contributed by atoms with E-state index >= 15 is 0 Å². The van der Waals surface area contributed by atoms with E-state index in [-0.39, 0.29) is 11.5 Å². The number of carbonyl (C=O) groups is 1. The number of hydrogen-bond donors (Lipinski definition) is 1. The zero-order chi connectivity index (χ0) is 13.3. The first-order valence-electron chi connectivity index (χ1n) is 5.35. The summed E-state index contributed by atoms with van der Waals surface area (Å²) in [6.45, 7) is 1.84. The Bertz CT molecular complexity index is 625. The van der Waals surface area contributed by atoms with Gasteiger partial charge in [-0.05, 0) is 36.8 Å². The van der Waals surface area contributed by atoms with E-state index in [1.54, 1.807) is 12.1 Å². The van der Waals surface area contributed by atoms with E-state index in [1.807, 2.05) is 13.0 Å². The van der Waals surface area contributed by atoms with E-state index in [2.05, 4.69) is 15.9 Å². The molecule has 0 aliphatic rings. The Labute approximate surface area is 113 Å². The van der Waals surface area contributed by atoms with Crippen LogP contribution < -0.4 is 5.73 Å². The molecule has 0 amide bonds. The summed E-state index contributed by atoms with van der Waals surface area (Å²) < 4.78 is 14.2. The number of hydrogen-bond acceptors (Lipinski definition) is 2. The normalized spacial score (nSPS) is 10.4. The lowest BCUT2D eigenvalue weighted by atomic mass is 9.99. The minimum absolute atomic E-state index is 0.0394. The van der Waals surface area contributed by atoms with Gasteiger partial charge in [0.2, 0.25) is 0 Å². The lowest BCUT2D eigenvalue weighted by Gasteiger charge is -2.07. The molecule has 2 aromatic carbocycles. The molecule has 92 valence electrons. The van der Waals surface area contributed by atoms with E-state index < -0.39 is 5.82 Å². The van der Waals surface area contributed by atoms with E-state index in [1.165, 1.54) is 12.1 Å². The summed E-state index contributed by atoms with van der Waals surface area (Å²) in [5.41, 5.74) is 7.10. The van der Waals surface area contributed by atoms with Crippen LogP contribution in [0.1, 0.15) is 21.5 Å². The first-order chi connectivity index (χ1) is 8.50. The molecule has 0 aliphatic carbocycles. The summed E-state index contributed by atoms with van der Waals surface area (Å²) in [7, 11) is 0. The highest BCUT2D eigenvalue weighted by atomic mass is 79.9. The fourth-order valence-corrected chi connectivity index (χ4v) is 2.04. The van der Waals surface area contributed by atoms with Crippen LogP contribution in [0.4, 0.5) is 10.1 Å². The van der Waals surface area contributed by atoms with E-state index in [0.29, 0.717) is 11.1 Å². The van der Waals surface area contributed by atoms with Gasteiger partial charge in [-0.15, -0.1) is 0 Å². The van der Waals surface area contributed by atoms with Crippen LogP contribution >= 0.6 is 15.9 Å². The Hall–Kier alpha value is -1.68. The zero-order valence-corrected chi connectivity index (χ0v) is 11.3. The summed E-state index contributed by atoms with van der Waals surface area (Å²) in [6.07, 6.45) is 0. The molecule has 0 saturated heterocycles. The fourth-order valence-electron chi connectivity index (χ4n) is 1.68. The van der Waals surface area contributed by atoms with Gasteiger partial charge in [0.05, 0.1) is 5.69 Å². The number of ketones is 1. The number of nitrogens with two attached hydrogens (primary N) is 1. The third-order valence-electron chi connectivity index (χ3n) is 2.77. The molecule has 18 heavy (non-hydrogen) atoms. The van der Waals surface area contributed by atoms with Crippen molar-refractivity contribution in [3.05, 3.63) is 63.4 Å². The van der Waals surface area contributed by atoms with Gasteiger partial charge in [-0.1, -0.05) is 28.1 Å². The third kappa shape index (κ3) is 2.29. The quantitative estimate of drug-likeness (QED) is 0.679. The SMILES string of the molecule is Cc1c(Br)cccc1C(=O)c1ccc(N)c(F)c1. The minimum Gasteiger partial charge on any atom is -0.396 e. The molecule has 2 rings (SSSR count). The van der Waals surface area contributed by atoms with Crippen LogP contribution in [0.2, 0.25) is 0 Å². The minimum atomic E-state index is -0.575. The lowest BCUT2D eigenvalue weighted by molar-refractivity contribution is 0.103. The van der Waals surface area contributed by atoms with Gasteiger partial charge in [-0.2, -0.15) is 0 Å². The average molecular weight is 308 g/mol. The van der Waals surface area contributed by atoms with E-state index in [4.69, 9.17) is 5.73 Å². The van der Waals surface area contributed by atoms with Crippen LogP contribution in [0, 0.1) is 12.7 Å². The van der Waals surface area contributed by atoms with Gasteiger partial charge < -0.3 is 5.73 Å². The van der Waals surface area contributed by atoms with Gasteiger partial charge in [0.15, 0.2) is 5.78 Å². The average Bonchev–Trinajstić information content (AvgIpc) is 2.35. The smallest absolute Gasteiger partial charge is 0.193 e. The molecule has 2 aromatic rings. The number of carbonyl (C=O) groups excluding carboxylic acids is 1. The number of nitrogen functional groups attached to an aromatic ring is 1. The predicted octanol–water partition coefficient (Wildman–Crippen LogP) is 3.71. The van der Waals surface area contributed by atoms with Gasteiger partial charge in [0, 0.05) is 15.6 Å². The van der Waals surface area contributed by atoms with Gasteiger partial charge >= 0.3 is 0 Å². The second-order valence-electron chi connectivity index (χ2n) is 3.98. The largest absolute Gasteiger partial charge is 0.396 e. The highest BCUT2D eigenvalue weighted by Crippen LogP contribution is 2.23. The van der Waals surface area contributed by atoms with Gasteiger partial charge in [0.1, 0.15) is 5.82 Å². The molecule has 0 bridgehead atoms. The van der Waals surface area contributed by atoms with Crippen molar-refractivity contribution in [1.29, 1.82) is 0 Å². The summed E-state index contributed by atoms with van der Waals surface area (Å²) in [5.74, 6) is -0.791. The zero-order valence-electron chi connectivity index (χ0n) is 9.71. The van der Waals surface area contributed by atoms with Crippen molar-refractivity contribution in [3.8, 4) is 0 Å². The van der Waals surface area contributed by atoms with Crippen LogP contribution in [0.5, 0.6) is 0 Å². The van der Waals surface area contributed by atoms with Crippen LogP contribution in [0.25, 0.3) is 0 Å². The molecular weight excluding hydrogens is 297 g/mol. The number of benzene rings is 2. The maximum Gasteiger partial charge on any atom is 0.193 e. The molecule has 0 atom stereocenters. The highest BCUT2D eigenvalue weighted by Gasteiger charge is 2.14. The molecule has 0 saturated carbocycles. The molecule has 0 unspecified atom stereocenters. The van der Waals surface area contributed by atoms with Crippen molar-refractivity contribution in [2.24, 2.45) is 0 Å². The van der Waals surface area contributed by atoms with Gasteiger partial charge in [-0.3, -0.25) is 4.79 Å². The van der Waals surface area contributed by atoms with E-state index in [0.717, 1.165) is 16.1 Å². The van der Waals surface area contributed by atoms with Crippen LogP contribution in [-0.2, 0) is 0 Å². The highest BCUT2D eigenvalue weighted by molar-refractivity contribution is 9.10. The van der Waals surface area contributed by atoms with Crippen molar-refractivity contribution in [2.75, 3.05) is 5.73 Å². The monoisotopic (exact) mass is 307 g/mol. The Morgan fingerprint density at radius 1 is 1.28 bits per heavy atom. The molecular formula is C14H11BrFNO. The Balaban J connectivity index is 2.48. The fraction of sp³-hybridized carbons (Fsp3) is 0.0714. The molecule has 0 heterocycles. The van der Waals surface area contributed by atoms with Crippen LogP contribution in [0.3, 0.4) is 0 Å². The molecule has 0 spiro atoms. The Kier molecular flexibility index (Phi) is 3.48.